The van der Waals surface area contributed by atoms with Gasteiger partial charge in [-0.15, -0.1) is 11.8 Å². The normalized spacial score (nSPS) is 11.4. The van der Waals surface area contributed by atoms with Crippen molar-refractivity contribution < 1.29 is 4.79 Å². The molecule has 0 aromatic carbocycles. The van der Waals surface area contributed by atoms with Crippen molar-refractivity contribution >= 4 is 18.0 Å². The summed E-state index contributed by atoms with van der Waals surface area (Å²) in [5.41, 5.74) is 0. The minimum Gasteiger partial charge on any atom is -0.299 e. The first kappa shape index (κ1) is 6.76. The van der Waals surface area contributed by atoms with Crippen LogP contribution >= 0.6 is 11.8 Å². The molecule has 2 heteroatoms. The summed E-state index contributed by atoms with van der Waals surface area (Å²) in [7, 11) is 0. The average Bonchev–Trinajstić information content (AvgIpc) is 1.68. The molecule has 0 radical (unpaired) electrons. The average molecular weight is 116 g/mol. The molecule has 0 bridgehead atoms. The molecule has 0 heterocycles. The van der Waals surface area contributed by atoms with Crippen molar-refractivity contribution in [1.82, 2.24) is 0 Å². The van der Waals surface area contributed by atoms with Crippen molar-refractivity contribution in [3.05, 3.63) is 11.0 Å². The van der Waals surface area contributed by atoms with E-state index in [0.29, 0.717) is 0 Å². The van der Waals surface area contributed by atoms with Crippen molar-refractivity contribution in [1.29, 1.82) is 0 Å². The Morgan fingerprint density at radius 1 is 1.71 bits per heavy atom. The van der Waals surface area contributed by atoms with Gasteiger partial charge in [-0.1, -0.05) is 0 Å². The van der Waals surface area contributed by atoms with Gasteiger partial charge in [0.15, 0.2) is 0 Å². The van der Waals surface area contributed by atoms with Crippen LogP contribution in [0.1, 0.15) is 6.92 Å². The van der Waals surface area contributed by atoms with Gasteiger partial charge in [0.25, 0.3) is 0 Å². The molecule has 0 aliphatic heterocycles. The quantitative estimate of drug-likeness (QED) is 0.401. The number of aldehydes is 1. The van der Waals surface area contributed by atoms with Crippen LogP contribution in [0.2, 0.25) is 0 Å². The maximum atomic E-state index is 9.68. The number of thioether (sulfide) groups is 1. The Morgan fingerprint density at radius 2 is 2.29 bits per heavy atom. The van der Waals surface area contributed by atoms with E-state index in [1.165, 1.54) is 0 Å². The minimum absolute atomic E-state index is 0.797. The second-order valence-corrected chi connectivity index (χ2v) is 2.17. The zero-order valence-corrected chi connectivity index (χ0v) is 5.29. The van der Waals surface area contributed by atoms with Gasteiger partial charge >= 0.3 is 0 Å². The molecule has 1 nitrogen and oxygen atoms in total. The number of allylic oxidation sites excluding steroid dienone is 2. The van der Waals surface area contributed by atoms with Gasteiger partial charge in [-0.2, -0.15) is 0 Å². The second kappa shape index (κ2) is 3.93. The maximum Gasteiger partial charge on any atom is 0.143 e. The Morgan fingerprint density at radius 3 is 2.43 bits per heavy atom. The highest BCUT2D eigenvalue weighted by Gasteiger charge is 1.77. The molecule has 0 unspecified atom stereocenters. The lowest BCUT2D eigenvalue weighted by Crippen LogP contribution is -1.64. The second-order valence-electron chi connectivity index (χ2n) is 1.12. The smallest absolute Gasteiger partial charge is 0.143 e. The lowest BCUT2D eigenvalue weighted by Gasteiger charge is -1.84. The standard InChI is InChI=1S/C5H8OS/c1-5(7-2)3-4-6/h3-4H,1-2H3. The van der Waals surface area contributed by atoms with Gasteiger partial charge in [-0.3, -0.25) is 4.79 Å². The third-order valence-corrected chi connectivity index (χ3v) is 1.40. The lowest BCUT2D eigenvalue weighted by atomic mass is 10.6. The third-order valence-electron chi connectivity index (χ3n) is 0.625. The molecular formula is C5H8OS. The fourth-order valence-corrected chi connectivity index (χ4v) is 0.355. The van der Waals surface area contributed by atoms with Crippen LogP contribution in [0, 0.1) is 0 Å². The van der Waals surface area contributed by atoms with E-state index in [2.05, 4.69) is 0 Å². The molecule has 0 aromatic heterocycles. The molecule has 40 valence electrons. The SMILES string of the molecule is CSC(C)=CC=O. The Labute approximate surface area is 47.8 Å². The highest BCUT2D eigenvalue weighted by molar-refractivity contribution is 8.02. The topological polar surface area (TPSA) is 17.1 Å². The maximum absolute atomic E-state index is 9.68. The number of carbonyl (C=O) groups is 1. The van der Waals surface area contributed by atoms with E-state index in [1.54, 1.807) is 17.8 Å². The molecule has 0 saturated carbocycles. The number of carbonyl (C=O) groups excluding carboxylic acids is 1. The van der Waals surface area contributed by atoms with Gasteiger partial charge in [0.2, 0.25) is 0 Å². The molecule has 0 saturated heterocycles. The van der Waals surface area contributed by atoms with Crippen molar-refractivity contribution in [3.8, 4) is 0 Å². The fourth-order valence-electron chi connectivity index (χ4n) is 0.164. The highest BCUT2D eigenvalue weighted by Crippen LogP contribution is 2.06. The summed E-state index contributed by atoms with van der Waals surface area (Å²) < 4.78 is 0. The molecular weight excluding hydrogens is 108 g/mol. The summed E-state index contributed by atoms with van der Waals surface area (Å²) in [6.07, 6.45) is 4.28. The van der Waals surface area contributed by atoms with Gasteiger partial charge < -0.3 is 0 Å². The van der Waals surface area contributed by atoms with E-state index in [0.717, 1.165) is 11.2 Å². The molecule has 0 amide bonds. The molecule has 7 heavy (non-hydrogen) atoms. The van der Waals surface area contributed by atoms with Crippen LogP contribution in [0.4, 0.5) is 0 Å². The van der Waals surface area contributed by atoms with E-state index in [1.807, 2.05) is 13.2 Å². The van der Waals surface area contributed by atoms with Crippen molar-refractivity contribution in [2.45, 2.75) is 6.92 Å². The molecule has 0 atom stereocenters. The van der Waals surface area contributed by atoms with Crippen LogP contribution in [-0.2, 0) is 4.79 Å². The lowest BCUT2D eigenvalue weighted by molar-refractivity contribution is -0.104. The molecule has 0 fully saturated rings. The molecule has 0 aliphatic carbocycles. The zero-order chi connectivity index (χ0) is 5.70. The summed E-state index contributed by atoms with van der Waals surface area (Å²) in [4.78, 5) is 10.7. The molecule has 0 N–H and O–H groups in total. The molecule has 0 spiro atoms. The van der Waals surface area contributed by atoms with Crippen molar-refractivity contribution in [3.63, 3.8) is 0 Å². The number of hydrogen-bond acceptors (Lipinski definition) is 2. The minimum atomic E-state index is 0.797. The van der Waals surface area contributed by atoms with Crippen LogP contribution in [0.15, 0.2) is 11.0 Å². The largest absolute Gasteiger partial charge is 0.299 e. The third kappa shape index (κ3) is 3.59. The van der Waals surface area contributed by atoms with Gasteiger partial charge in [-0.25, -0.2) is 0 Å². The Bertz CT molecular complexity index is 86.1. The van der Waals surface area contributed by atoms with Crippen LogP contribution in [-0.4, -0.2) is 12.5 Å². The predicted octanol–water partition coefficient (Wildman–Crippen LogP) is 1.45. The van der Waals surface area contributed by atoms with Gasteiger partial charge in [0.1, 0.15) is 6.29 Å². The zero-order valence-electron chi connectivity index (χ0n) is 4.47. The first-order valence-electron chi connectivity index (χ1n) is 1.97. The Kier molecular flexibility index (Phi) is 3.80. The number of hydrogen-bond donors (Lipinski definition) is 0. The number of rotatable bonds is 2. The fraction of sp³-hybridized carbons (Fsp3) is 0.400. The highest BCUT2D eigenvalue weighted by atomic mass is 32.2. The predicted molar refractivity (Wildman–Crippen MR) is 33.3 cm³/mol. The monoisotopic (exact) mass is 116 g/mol. The van der Waals surface area contributed by atoms with Gasteiger partial charge in [0.05, 0.1) is 0 Å². The van der Waals surface area contributed by atoms with Crippen LogP contribution in [0.25, 0.3) is 0 Å². The van der Waals surface area contributed by atoms with Gasteiger partial charge in [-0.05, 0) is 24.2 Å². The van der Waals surface area contributed by atoms with Crippen LogP contribution < -0.4 is 0 Å². The summed E-state index contributed by atoms with van der Waals surface area (Å²) >= 11 is 1.58. The Balaban J connectivity index is 3.49. The van der Waals surface area contributed by atoms with Crippen molar-refractivity contribution in [2.24, 2.45) is 0 Å². The Hall–Kier alpha value is -0.240. The van der Waals surface area contributed by atoms with E-state index < -0.39 is 0 Å². The van der Waals surface area contributed by atoms with Crippen molar-refractivity contribution in [2.75, 3.05) is 6.26 Å². The summed E-state index contributed by atoms with van der Waals surface area (Å²) in [6.45, 7) is 1.90. The molecule has 0 rings (SSSR count). The summed E-state index contributed by atoms with van der Waals surface area (Å²) in [5, 5.41) is 0. The van der Waals surface area contributed by atoms with Crippen LogP contribution in [0.5, 0.6) is 0 Å². The van der Waals surface area contributed by atoms with E-state index in [9.17, 15) is 4.79 Å². The van der Waals surface area contributed by atoms with Gasteiger partial charge in [0, 0.05) is 0 Å². The van der Waals surface area contributed by atoms with E-state index >= 15 is 0 Å². The summed E-state index contributed by atoms with van der Waals surface area (Å²) in [6, 6.07) is 0. The molecule has 0 aliphatic rings. The molecule has 0 aromatic rings. The summed E-state index contributed by atoms with van der Waals surface area (Å²) in [5.74, 6) is 0. The first-order chi connectivity index (χ1) is 3.31. The van der Waals surface area contributed by atoms with E-state index in [4.69, 9.17) is 0 Å². The first-order valence-corrected chi connectivity index (χ1v) is 3.19. The van der Waals surface area contributed by atoms with E-state index in [-0.39, 0.29) is 0 Å². The van der Waals surface area contributed by atoms with Crippen LogP contribution in [0.3, 0.4) is 0 Å².